The van der Waals surface area contributed by atoms with Crippen LogP contribution in [-0.4, -0.2) is 32.3 Å². The maximum absolute atomic E-state index is 12.0. The van der Waals surface area contributed by atoms with Crippen LogP contribution in [-0.2, 0) is 37.4 Å². The molecule has 0 aromatic carbocycles. The molecule has 3 heterocycles. The van der Waals surface area contributed by atoms with Gasteiger partial charge in [0.25, 0.3) is 0 Å². The van der Waals surface area contributed by atoms with Crippen molar-refractivity contribution >= 4 is 5.91 Å². The lowest BCUT2D eigenvalue weighted by Crippen LogP contribution is -2.34. The van der Waals surface area contributed by atoms with Crippen molar-refractivity contribution in [2.75, 3.05) is 6.54 Å². The third-order valence-electron chi connectivity index (χ3n) is 5.45. The van der Waals surface area contributed by atoms with E-state index in [0.717, 1.165) is 62.6 Å². The van der Waals surface area contributed by atoms with Gasteiger partial charge in [0.05, 0.1) is 30.2 Å². The van der Waals surface area contributed by atoms with Crippen LogP contribution >= 0.6 is 0 Å². The summed E-state index contributed by atoms with van der Waals surface area (Å²) in [6.45, 7) is 8.32. The van der Waals surface area contributed by atoms with Crippen LogP contribution in [0.2, 0.25) is 0 Å². The first-order valence-corrected chi connectivity index (χ1v) is 10.1. The lowest BCUT2D eigenvalue weighted by atomic mass is 9.85. The van der Waals surface area contributed by atoms with Crippen molar-refractivity contribution in [2.24, 2.45) is 11.8 Å². The molecule has 1 aliphatic heterocycles. The fourth-order valence-corrected chi connectivity index (χ4v) is 3.75. The average molecular weight is 371 g/mol. The maximum atomic E-state index is 12.0. The van der Waals surface area contributed by atoms with Crippen LogP contribution in [0.1, 0.15) is 56.0 Å². The fraction of sp³-hybridized carbons (Fsp3) is 0.650. The fourth-order valence-electron chi connectivity index (χ4n) is 3.75. The predicted octanol–water partition coefficient (Wildman–Crippen LogP) is 2.50. The van der Waals surface area contributed by atoms with E-state index in [1.54, 1.807) is 0 Å². The SMILES string of the molecule is CC(C)Cc1cc(CN2CCn3nc(CNC(=O)C4CCC4)cc3C2)no1. The van der Waals surface area contributed by atoms with Gasteiger partial charge >= 0.3 is 0 Å². The van der Waals surface area contributed by atoms with Gasteiger partial charge in [0.2, 0.25) is 5.91 Å². The van der Waals surface area contributed by atoms with Crippen molar-refractivity contribution < 1.29 is 9.32 Å². The molecule has 27 heavy (non-hydrogen) atoms. The molecule has 2 aliphatic rings. The van der Waals surface area contributed by atoms with Crippen molar-refractivity contribution in [3.63, 3.8) is 0 Å². The normalized spacial score (nSPS) is 17.7. The second-order valence-corrected chi connectivity index (χ2v) is 8.29. The Labute approximate surface area is 160 Å². The van der Waals surface area contributed by atoms with Gasteiger partial charge in [-0.2, -0.15) is 5.10 Å². The molecule has 1 amide bonds. The van der Waals surface area contributed by atoms with E-state index in [9.17, 15) is 4.79 Å². The number of carbonyl (C=O) groups excluding carboxylic acids is 1. The third-order valence-corrected chi connectivity index (χ3v) is 5.45. The highest BCUT2D eigenvalue weighted by Crippen LogP contribution is 2.26. The summed E-state index contributed by atoms with van der Waals surface area (Å²) in [5, 5.41) is 11.9. The molecule has 0 atom stereocenters. The van der Waals surface area contributed by atoms with Gasteiger partial charge in [0.15, 0.2) is 0 Å². The average Bonchev–Trinajstić information content (AvgIpc) is 3.16. The second-order valence-electron chi connectivity index (χ2n) is 8.29. The van der Waals surface area contributed by atoms with Crippen LogP contribution in [0.3, 0.4) is 0 Å². The molecule has 1 fully saturated rings. The summed E-state index contributed by atoms with van der Waals surface area (Å²) in [6, 6.07) is 4.19. The van der Waals surface area contributed by atoms with Crippen LogP contribution < -0.4 is 5.32 Å². The molecular weight excluding hydrogens is 342 g/mol. The molecule has 0 unspecified atom stereocenters. The zero-order valence-electron chi connectivity index (χ0n) is 16.3. The number of fused-ring (bicyclic) bond motifs is 1. The summed E-state index contributed by atoms with van der Waals surface area (Å²) in [6.07, 6.45) is 4.16. The van der Waals surface area contributed by atoms with Crippen LogP contribution in [0.25, 0.3) is 0 Å². The van der Waals surface area contributed by atoms with E-state index in [1.165, 1.54) is 12.1 Å². The Balaban J connectivity index is 1.31. The number of nitrogens with zero attached hydrogens (tertiary/aromatic N) is 4. The lowest BCUT2D eigenvalue weighted by Gasteiger charge is -2.26. The van der Waals surface area contributed by atoms with E-state index in [0.29, 0.717) is 12.5 Å². The summed E-state index contributed by atoms with van der Waals surface area (Å²) >= 11 is 0. The predicted molar refractivity (Wildman–Crippen MR) is 101 cm³/mol. The van der Waals surface area contributed by atoms with Crippen molar-refractivity contribution in [2.45, 2.75) is 65.7 Å². The van der Waals surface area contributed by atoms with Gasteiger partial charge < -0.3 is 9.84 Å². The minimum Gasteiger partial charge on any atom is -0.361 e. The Morgan fingerprint density at radius 3 is 2.89 bits per heavy atom. The van der Waals surface area contributed by atoms with Crippen LogP contribution in [0.5, 0.6) is 0 Å². The standard InChI is InChI=1S/C20H29N5O2/c1-14(2)8-19-10-17(23-27-19)12-24-6-7-25-18(13-24)9-16(22-25)11-21-20(26)15-4-3-5-15/h9-10,14-15H,3-8,11-13H2,1-2H3,(H,21,26). The van der Waals surface area contributed by atoms with Gasteiger partial charge in [-0.25, -0.2) is 0 Å². The molecule has 2 aromatic rings. The first-order chi connectivity index (χ1) is 13.1. The number of carbonyl (C=O) groups is 1. The van der Waals surface area contributed by atoms with Crippen molar-refractivity contribution in [3.8, 4) is 0 Å². The summed E-state index contributed by atoms with van der Waals surface area (Å²) in [4.78, 5) is 14.4. The summed E-state index contributed by atoms with van der Waals surface area (Å²) < 4.78 is 7.51. The molecule has 1 saturated carbocycles. The maximum Gasteiger partial charge on any atom is 0.223 e. The Hall–Kier alpha value is -2.15. The molecule has 1 N–H and O–H groups in total. The van der Waals surface area contributed by atoms with Gasteiger partial charge in [-0.3, -0.25) is 14.4 Å². The van der Waals surface area contributed by atoms with Crippen molar-refractivity contribution in [3.05, 3.63) is 35.0 Å². The van der Waals surface area contributed by atoms with Gasteiger partial charge in [-0.1, -0.05) is 25.4 Å². The molecule has 7 nitrogen and oxygen atoms in total. The Kier molecular flexibility index (Phi) is 5.29. The number of hydrogen-bond acceptors (Lipinski definition) is 5. The molecule has 2 aromatic heterocycles. The molecule has 146 valence electrons. The van der Waals surface area contributed by atoms with E-state index in [-0.39, 0.29) is 11.8 Å². The van der Waals surface area contributed by atoms with E-state index in [2.05, 4.69) is 51.1 Å². The molecule has 7 heteroatoms. The molecule has 0 bridgehead atoms. The van der Waals surface area contributed by atoms with Gasteiger partial charge in [-0.15, -0.1) is 0 Å². The van der Waals surface area contributed by atoms with E-state index >= 15 is 0 Å². The Morgan fingerprint density at radius 1 is 1.30 bits per heavy atom. The second kappa shape index (κ2) is 7.84. The van der Waals surface area contributed by atoms with Crippen LogP contribution in [0, 0.1) is 11.8 Å². The molecular formula is C20H29N5O2. The highest BCUT2D eigenvalue weighted by molar-refractivity contribution is 5.79. The minimum absolute atomic E-state index is 0.178. The third kappa shape index (κ3) is 4.40. The lowest BCUT2D eigenvalue weighted by molar-refractivity contribution is -0.127. The number of hydrogen-bond donors (Lipinski definition) is 1. The van der Waals surface area contributed by atoms with Gasteiger partial charge in [0.1, 0.15) is 5.76 Å². The van der Waals surface area contributed by atoms with Gasteiger partial charge in [-0.05, 0) is 24.8 Å². The summed E-state index contributed by atoms with van der Waals surface area (Å²) in [5.41, 5.74) is 3.13. The smallest absolute Gasteiger partial charge is 0.223 e. The Bertz CT molecular complexity index is 790. The molecule has 1 aliphatic carbocycles. The molecule has 0 saturated heterocycles. The first kappa shape index (κ1) is 18.2. The Morgan fingerprint density at radius 2 is 2.15 bits per heavy atom. The van der Waals surface area contributed by atoms with Crippen LogP contribution in [0.15, 0.2) is 16.7 Å². The zero-order chi connectivity index (χ0) is 18.8. The summed E-state index contributed by atoms with van der Waals surface area (Å²) in [5.74, 6) is 1.93. The van der Waals surface area contributed by atoms with E-state index in [1.807, 2.05) is 0 Å². The zero-order valence-corrected chi connectivity index (χ0v) is 16.3. The monoisotopic (exact) mass is 371 g/mol. The van der Waals surface area contributed by atoms with Gasteiger partial charge in [0, 0.05) is 38.0 Å². The van der Waals surface area contributed by atoms with Crippen molar-refractivity contribution in [1.29, 1.82) is 0 Å². The highest BCUT2D eigenvalue weighted by Gasteiger charge is 2.25. The van der Waals surface area contributed by atoms with Crippen molar-refractivity contribution in [1.82, 2.24) is 25.2 Å². The van der Waals surface area contributed by atoms with E-state index in [4.69, 9.17) is 4.52 Å². The van der Waals surface area contributed by atoms with E-state index < -0.39 is 0 Å². The van der Waals surface area contributed by atoms with Crippen LogP contribution in [0.4, 0.5) is 0 Å². The quantitative estimate of drug-likeness (QED) is 0.809. The number of nitrogens with one attached hydrogen (secondary N) is 1. The molecule has 0 radical (unpaired) electrons. The highest BCUT2D eigenvalue weighted by atomic mass is 16.5. The molecule has 4 rings (SSSR count). The number of aromatic nitrogens is 3. The topological polar surface area (TPSA) is 76.2 Å². The number of rotatable bonds is 7. The minimum atomic E-state index is 0.178. The largest absolute Gasteiger partial charge is 0.361 e. The summed E-state index contributed by atoms with van der Waals surface area (Å²) in [7, 11) is 0. The molecule has 0 spiro atoms. The first-order valence-electron chi connectivity index (χ1n) is 10.1. The number of amides is 1.